The highest BCUT2D eigenvalue weighted by Crippen LogP contribution is 2.33. The molecule has 0 fully saturated rings. The standard InChI is InChI=1S/C13H17N3O2S2/c1-8(4-5-19-3)14-10-6-11-13(20-9(2)15-11)7-12(10)16(17)18/h6-8,14H,4-5H2,1-3H3. The number of nitro benzene ring substituents is 1. The molecule has 0 radical (unpaired) electrons. The molecule has 2 rings (SSSR count). The van der Waals surface area contributed by atoms with E-state index in [2.05, 4.69) is 16.6 Å². The van der Waals surface area contributed by atoms with E-state index in [0.717, 1.165) is 27.4 Å². The van der Waals surface area contributed by atoms with Gasteiger partial charge in [0, 0.05) is 12.1 Å². The highest BCUT2D eigenvalue weighted by atomic mass is 32.2. The Hall–Kier alpha value is -1.34. The monoisotopic (exact) mass is 311 g/mol. The average molecular weight is 311 g/mol. The van der Waals surface area contributed by atoms with Gasteiger partial charge in [0.25, 0.3) is 5.69 Å². The van der Waals surface area contributed by atoms with Crippen molar-refractivity contribution in [1.82, 2.24) is 4.98 Å². The number of aryl methyl sites for hydroxylation is 1. The average Bonchev–Trinajstić information content (AvgIpc) is 2.74. The lowest BCUT2D eigenvalue weighted by molar-refractivity contribution is -0.383. The number of thiazole rings is 1. The Bertz CT molecular complexity index is 627. The predicted octanol–water partition coefficient (Wildman–Crippen LogP) is 4.07. The molecule has 0 saturated heterocycles. The number of fused-ring (bicyclic) bond motifs is 1. The van der Waals surface area contributed by atoms with Crippen LogP contribution in [0.5, 0.6) is 0 Å². The van der Waals surface area contributed by atoms with Gasteiger partial charge in [-0.25, -0.2) is 4.98 Å². The van der Waals surface area contributed by atoms with E-state index in [1.54, 1.807) is 23.9 Å². The van der Waals surface area contributed by atoms with Crippen molar-refractivity contribution < 1.29 is 4.92 Å². The van der Waals surface area contributed by atoms with Crippen LogP contribution in [0.15, 0.2) is 12.1 Å². The summed E-state index contributed by atoms with van der Waals surface area (Å²) in [5.41, 5.74) is 1.50. The third-order valence-corrected chi connectivity index (χ3v) is 4.54. The number of nitro groups is 1. The van der Waals surface area contributed by atoms with Crippen molar-refractivity contribution >= 4 is 44.7 Å². The normalized spacial score (nSPS) is 12.6. The van der Waals surface area contributed by atoms with Crippen LogP contribution in [0.4, 0.5) is 11.4 Å². The zero-order valence-corrected chi connectivity index (χ0v) is 13.3. The van der Waals surface area contributed by atoms with E-state index in [1.165, 1.54) is 11.3 Å². The summed E-state index contributed by atoms with van der Waals surface area (Å²) in [7, 11) is 0. The molecule has 2 aromatic rings. The van der Waals surface area contributed by atoms with E-state index in [1.807, 2.05) is 13.8 Å². The summed E-state index contributed by atoms with van der Waals surface area (Å²) in [5, 5.41) is 15.4. The van der Waals surface area contributed by atoms with E-state index in [-0.39, 0.29) is 16.7 Å². The highest BCUT2D eigenvalue weighted by Gasteiger charge is 2.18. The van der Waals surface area contributed by atoms with Gasteiger partial charge in [-0.2, -0.15) is 11.8 Å². The number of hydrogen-bond acceptors (Lipinski definition) is 6. The minimum Gasteiger partial charge on any atom is -0.377 e. The van der Waals surface area contributed by atoms with E-state index in [0.29, 0.717) is 5.69 Å². The van der Waals surface area contributed by atoms with Crippen LogP contribution in [0.2, 0.25) is 0 Å². The molecule has 0 saturated carbocycles. The zero-order chi connectivity index (χ0) is 14.7. The van der Waals surface area contributed by atoms with Gasteiger partial charge in [-0.15, -0.1) is 11.3 Å². The second-order valence-electron chi connectivity index (χ2n) is 4.65. The molecule has 1 N–H and O–H groups in total. The Kier molecular flexibility index (Phi) is 4.82. The van der Waals surface area contributed by atoms with Gasteiger partial charge >= 0.3 is 0 Å². The van der Waals surface area contributed by atoms with Gasteiger partial charge < -0.3 is 5.32 Å². The molecule has 5 nitrogen and oxygen atoms in total. The number of anilines is 1. The van der Waals surface area contributed by atoms with Crippen LogP contribution in [-0.4, -0.2) is 28.0 Å². The number of rotatable bonds is 6. The Morgan fingerprint density at radius 3 is 2.95 bits per heavy atom. The molecular formula is C13H17N3O2S2. The SMILES string of the molecule is CSCCC(C)Nc1cc2nc(C)sc2cc1[N+](=O)[O-]. The molecule has 1 atom stereocenters. The Morgan fingerprint density at radius 1 is 1.55 bits per heavy atom. The van der Waals surface area contributed by atoms with Gasteiger partial charge in [-0.3, -0.25) is 10.1 Å². The van der Waals surface area contributed by atoms with Crippen molar-refractivity contribution in [2.75, 3.05) is 17.3 Å². The number of hydrogen-bond donors (Lipinski definition) is 1. The summed E-state index contributed by atoms with van der Waals surface area (Å²) in [6.07, 6.45) is 3.02. The smallest absolute Gasteiger partial charge is 0.293 e. The van der Waals surface area contributed by atoms with Crippen LogP contribution in [0.25, 0.3) is 10.2 Å². The van der Waals surface area contributed by atoms with E-state index in [4.69, 9.17) is 0 Å². The maximum Gasteiger partial charge on any atom is 0.293 e. The third kappa shape index (κ3) is 3.40. The fourth-order valence-electron chi connectivity index (χ4n) is 1.98. The van der Waals surface area contributed by atoms with E-state index >= 15 is 0 Å². The Balaban J connectivity index is 2.34. The quantitative estimate of drug-likeness (QED) is 0.643. The summed E-state index contributed by atoms with van der Waals surface area (Å²) in [5.74, 6) is 1.03. The molecule has 0 aliphatic carbocycles. The Labute approximate surface area is 125 Å². The molecule has 20 heavy (non-hydrogen) atoms. The number of aromatic nitrogens is 1. The van der Waals surface area contributed by atoms with E-state index in [9.17, 15) is 10.1 Å². The van der Waals surface area contributed by atoms with Crippen molar-refractivity contribution in [2.45, 2.75) is 26.3 Å². The minimum absolute atomic E-state index is 0.122. The lowest BCUT2D eigenvalue weighted by Crippen LogP contribution is -2.16. The second-order valence-corrected chi connectivity index (χ2v) is 6.87. The van der Waals surface area contributed by atoms with Gasteiger partial charge in [-0.1, -0.05) is 0 Å². The van der Waals surface area contributed by atoms with Crippen molar-refractivity contribution in [3.63, 3.8) is 0 Å². The van der Waals surface area contributed by atoms with Crippen molar-refractivity contribution in [1.29, 1.82) is 0 Å². The number of thioether (sulfide) groups is 1. The molecule has 0 spiro atoms. The summed E-state index contributed by atoms with van der Waals surface area (Å²) in [4.78, 5) is 15.3. The lowest BCUT2D eigenvalue weighted by Gasteiger charge is -2.14. The molecule has 7 heteroatoms. The zero-order valence-electron chi connectivity index (χ0n) is 11.7. The Morgan fingerprint density at radius 2 is 2.30 bits per heavy atom. The molecule has 1 aromatic heterocycles. The lowest BCUT2D eigenvalue weighted by atomic mass is 10.2. The topological polar surface area (TPSA) is 68.1 Å². The van der Waals surface area contributed by atoms with Crippen molar-refractivity contribution in [3.8, 4) is 0 Å². The molecule has 0 amide bonds. The summed E-state index contributed by atoms with van der Waals surface area (Å²) in [6.45, 7) is 3.95. The molecule has 1 heterocycles. The predicted molar refractivity (Wildman–Crippen MR) is 87.1 cm³/mol. The second kappa shape index (κ2) is 6.41. The van der Waals surface area contributed by atoms with Gasteiger partial charge in [0.15, 0.2) is 0 Å². The van der Waals surface area contributed by atoms with Crippen LogP contribution in [0.1, 0.15) is 18.4 Å². The summed E-state index contributed by atoms with van der Waals surface area (Å²) < 4.78 is 0.858. The van der Waals surface area contributed by atoms with Crippen LogP contribution in [-0.2, 0) is 0 Å². The fourth-order valence-corrected chi connectivity index (χ4v) is 3.41. The van der Waals surface area contributed by atoms with Gasteiger partial charge in [0.05, 0.1) is 20.1 Å². The fraction of sp³-hybridized carbons (Fsp3) is 0.462. The van der Waals surface area contributed by atoms with Crippen LogP contribution < -0.4 is 5.32 Å². The summed E-state index contributed by atoms with van der Waals surface area (Å²) >= 11 is 3.25. The molecule has 0 bridgehead atoms. The summed E-state index contributed by atoms with van der Waals surface area (Å²) in [6, 6.07) is 3.59. The molecular weight excluding hydrogens is 294 g/mol. The largest absolute Gasteiger partial charge is 0.377 e. The first-order valence-corrected chi connectivity index (χ1v) is 8.53. The number of nitrogens with one attached hydrogen (secondary N) is 1. The first kappa shape index (κ1) is 15.1. The maximum absolute atomic E-state index is 11.2. The van der Waals surface area contributed by atoms with Crippen molar-refractivity contribution in [2.24, 2.45) is 0 Å². The maximum atomic E-state index is 11.2. The van der Waals surface area contributed by atoms with Crippen LogP contribution in [0.3, 0.4) is 0 Å². The molecule has 0 aliphatic rings. The molecule has 108 valence electrons. The number of benzene rings is 1. The third-order valence-electron chi connectivity index (χ3n) is 2.97. The van der Waals surface area contributed by atoms with Gasteiger partial charge in [0.1, 0.15) is 5.69 Å². The first-order chi connectivity index (χ1) is 9.51. The minimum atomic E-state index is -0.335. The van der Waals surface area contributed by atoms with Gasteiger partial charge in [0.2, 0.25) is 0 Å². The van der Waals surface area contributed by atoms with Gasteiger partial charge in [-0.05, 0) is 38.3 Å². The molecule has 1 unspecified atom stereocenters. The van der Waals surface area contributed by atoms with Crippen LogP contribution in [0, 0.1) is 17.0 Å². The number of nitrogens with zero attached hydrogens (tertiary/aromatic N) is 2. The van der Waals surface area contributed by atoms with Crippen LogP contribution >= 0.6 is 23.1 Å². The van der Waals surface area contributed by atoms with E-state index < -0.39 is 0 Å². The molecule has 0 aliphatic heterocycles. The van der Waals surface area contributed by atoms with Crippen molar-refractivity contribution in [3.05, 3.63) is 27.3 Å². The highest BCUT2D eigenvalue weighted by molar-refractivity contribution is 7.98. The first-order valence-electron chi connectivity index (χ1n) is 6.32. The molecule has 1 aromatic carbocycles.